The van der Waals surface area contributed by atoms with Gasteiger partial charge in [0, 0.05) is 48.4 Å². The van der Waals surface area contributed by atoms with Crippen molar-refractivity contribution in [1.82, 2.24) is 68.6 Å². The lowest BCUT2D eigenvalue weighted by Crippen LogP contribution is -2.37. The number of alkyl halides is 2. The lowest BCUT2D eigenvalue weighted by Gasteiger charge is -2.29. The summed E-state index contributed by atoms with van der Waals surface area (Å²) >= 11 is 0.683. The monoisotopic (exact) mass is 1750 g/mol. The van der Waals surface area contributed by atoms with E-state index in [4.69, 9.17) is 72.1 Å². The molecule has 10 atom stereocenters. The molecule has 0 bridgehead atoms. The third-order valence-corrected chi connectivity index (χ3v) is 26.0. The number of nitrogens with two attached hydrogens (primary N) is 1. The fourth-order valence-electron chi connectivity index (χ4n) is 15.2. The summed E-state index contributed by atoms with van der Waals surface area (Å²) in [5.74, 6) is 0.285. The Morgan fingerprint density at radius 1 is 0.702 bits per heavy atom. The molecule has 124 heavy (non-hydrogen) atoms. The summed E-state index contributed by atoms with van der Waals surface area (Å²) in [5.41, 5.74) is 13.7. The summed E-state index contributed by atoms with van der Waals surface area (Å²) in [6.45, 7) is 3.54. The lowest BCUT2D eigenvalue weighted by molar-refractivity contribution is -0.134. The molecule has 4 aliphatic heterocycles. The zero-order valence-electron chi connectivity index (χ0n) is 67.4. The summed E-state index contributed by atoms with van der Waals surface area (Å²) in [5, 5.41) is 23.7. The molecule has 2 amide bonds. The average Bonchev–Trinajstić information content (AvgIpc) is 1.59. The van der Waals surface area contributed by atoms with E-state index in [-0.39, 0.29) is 104 Å². The van der Waals surface area contributed by atoms with E-state index in [9.17, 15) is 28.8 Å². The molecule has 0 saturated carbocycles. The van der Waals surface area contributed by atoms with Crippen molar-refractivity contribution >= 4 is 111 Å². The Balaban J connectivity index is 0.492. The van der Waals surface area contributed by atoms with E-state index in [1.807, 2.05) is 84.3 Å². The number of esters is 2. The zero-order valence-corrected chi connectivity index (χ0v) is 70.0. The number of benzene rings is 6. The molecule has 35 nitrogen and oxygen atoms in total. The van der Waals surface area contributed by atoms with Crippen LogP contribution in [-0.4, -0.2) is 173 Å². The van der Waals surface area contributed by atoms with Gasteiger partial charge in [-0.3, -0.25) is 42.2 Å². The number of anilines is 3. The number of ether oxygens (including phenoxy) is 7. The van der Waals surface area contributed by atoms with Crippen molar-refractivity contribution in [1.29, 1.82) is 0 Å². The predicted molar refractivity (Wildman–Crippen MR) is 448 cm³/mol. The molecule has 17 rings (SSSR count). The smallest absolute Gasteiger partial charge is 0.413 e. The molecule has 13 aromatic rings. The van der Waals surface area contributed by atoms with Gasteiger partial charge in [0.05, 0.1) is 84.8 Å². The highest BCUT2D eigenvalue weighted by molar-refractivity contribution is 8.54. The number of halogens is 2. The third kappa shape index (κ3) is 18.1. The van der Waals surface area contributed by atoms with Crippen molar-refractivity contribution in [2.24, 2.45) is 0 Å². The molecule has 0 spiro atoms. The normalized spacial score (nSPS) is 21.5. The van der Waals surface area contributed by atoms with Gasteiger partial charge in [-0.15, -0.1) is 5.10 Å². The van der Waals surface area contributed by atoms with Crippen molar-refractivity contribution in [2.45, 2.75) is 147 Å². The molecule has 7 aromatic heterocycles. The Morgan fingerprint density at radius 2 is 1.35 bits per heavy atom. The summed E-state index contributed by atoms with van der Waals surface area (Å²) in [6, 6.07) is 42.0. The van der Waals surface area contributed by atoms with Crippen LogP contribution in [0.2, 0.25) is 0 Å². The van der Waals surface area contributed by atoms with Crippen molar-refractivity contribution < 1.29 is 93.4 Å². The van der Waals surface area contributed by atoms with Crippen LogP contribution in [0.5, 0.6) is 17.2 Å². The molecular formula is C84H83F2N17O18P2S. The Morgan fingerprint density at radius 3 is 2.09 bits per heavy atom. The van der Waals surface area contributed by atoms with E-state index in [1.54, 1.807) is 91.0 Å². The molecule has 40 heteroatoms. The molecule has 11 heterocycles. The number of nitrogens with zero attached hydrogens (tertiary/aromatic N) is 15. The standard InChI is InChI=1S/C84H83F2N17O18P2S/c1-6-111-41-63-95-70-72(100(63)43-84(3,4)108)57-17-9-11-19-59(57)94-77(70)96-83(107)113-38-49-23-29-54(30-24-49)116-65(105)22-14-13-21-64(104)99-37-52-15-7-8-16-56(52)73-69(58-18-10-12-20-60(58)99)97-98-103(73)35-36-112-53-33-27-51(28-34-53)82(106)117-55-31-25-50(26-32-55)42-124-123(110)115-40-62-74(66(85)80(119-62)102-47-93-71-76(87)89-45-91-79(71)102)120-122(5,109)114-39-61-75(121-123)67(86)81(118-61)101-46-92-68-48(2)88-44-90-78(68)101/h7-12,15-20,23-34,44-47,61-62,66-67,74-75,80-81,108H,6,13-14,21-22,35-43H2,1-5H3,(H2,87,89,91)(H,94,96,107)/t61-,62-,66-,67-,74-,75-,80-,81-,122-,123+/m1/s1. The van der Waals surface area contributed by atoms with Crippen LogP contribution in [0.1, 0.15) is 97.5 Å². The minimum Gasteiger partial charge on any atom is -0.492 e. The van der Waals surface area contributed by atoms with Gasteiger partial charge in [0.1, 0.15) is 102 Å². The SMILES string of the molecule is CCOCc1nc2c(NC(=O)OCc3ccc(OC(=O)CCCCC(=O)N4Cc5ccccc5-c5c(nnn5CCOc5ccc(C(=O)Oc6ccc(CS[P@@]7(=O)OC[C@H]8O[C@@H](n9cnc%10c(N)ncnc%109)[C@H](F)[C@@H]8O[P@](C)(=O)OC[C@H]8O[C@@H](n9cnc%10c(C)ncnc%109)[C@H](F)[C@@H]8O7)cc6)cc5)-c5ccccc54)cc3)nc3ccccc3c2n1CC(C)(C)O. The second-order valence-electron chi connectivity index (χ2n) is 30.4. The number of hydrogen-bond donors (Lipinski definition) is 3. The minimum absolute atomic E-state index is 0.0223. The molecule has 3 fully saturated rings. The first-order valence-electron chi connectivity index (χ1n) is 39.8. The molecule has 642 valence electrons. The summed E-state index contributed by atoms with van der Waals surface area (Å²) < 4.78 is 135. The van der Waals surface area contributed by atoms with Gasteiger partial charge in [0.2, 0.25) is 5.91 Å². The summed E-state index contributed by atoms with van der Waals surface area (Å²) in [6.07, 6.45) is -8.15. The van der Waals surface area contributed by atoms with Crippen LogP contribution < -0.4 is 30.2 Å². The number of imidazole rings is 3. The number of unbranched alkanes of at least 4 members (excludes halogenated alkanes) is 1. The van der Waals surface area contributed by atoms with Gasteiger partial charge in [-0.2, -0.15) is 0 Å². The van der Waals surface area contributed by atoms with Gasteiger partial charge in [0.25, 0.3) is 0 Å². The molecule has 4 aliphatic rings. The molecule has 3 saturated heterocycles. The highest BCUT2D eigenvalue weighted by Gasteiger charge is 2.55. The van der Waals surface area contributed by atoms with Crippen LogP contribution in [0.4, 0.5) is 30.9 Å². The highest BCUT2D eigenvalue weighted by Crippen LogP contribution is 2.65. The van der Waals surface area contributed by atoms with Crippen LogP contribution in [-0.2, 0) is 94.4 Å². The van der Waals surface area contributed by atoms with Crippen LogP contribution in [0.25, 0.3) is 66.8 Å². The fraction of sp³-hybridized carbons (Fsp3) is 0.333. The highest BCUT2D eigenvalue weighted by atomic mass is 32.7. The number of carbonyl (C=O) groups is 4. The molecule has 0 aliphatic carbocycles. The molecule has 0 radical (unpaired) electrons. The van der Waals surface area contributed by atoms with Crippen molar-refractivity contribution in [3.05, 3.63) is 205 Å². The number of pyridine rings is 1. The van der Waals surface area contributed by atoms with E-state index in [2.05, 4.69) is 40.4 Å². The number of nitrogen functional groups attached to an aromatic ring is 1. The number of aliphatic hydroxyl groups is 1. The quantitative estimate of drug-likeness (QED) is 0.0207. The fourth-order valence-corrected chi connectivity index (χ4v) is 19.7. The molecular weight excluding hydrogens is 1670 g/mol. The van der Waals surface area contributed by atoms with Gasteiger partial charge in [0.15, 0.2) is 47.7 Å². The van der Waals surface area contributed by atoms with Gasteiger partial charge < -0.3 is 58.0 Å². The van der Waals surface area contributed by atoms with Gasteiger partial charge in [-0.1, -0.05) is 90.1 Å². The Labute approximate surface area is 710 Å². The van der Waals surface area contributed by atoms with E-state index in [1.165, 1.54) is 46.6 Å². The van der Waals surface area contributed by atoms with E-state index in [0.717, 1.165) is 28.9 Å². The van der Waals surface area contributed by atoms with Crippen molar-refractivity contribution in [3.63, 3.8) is 0 Å². The van der Waals surface area contributed by atoms with E-state index < -0.39 is 100 Å². The largest absolute Gasteiger partial charge is 0.492 e. The molecule has 4 N–H and O–H groups in total. The van der Waals surface area contributed by atoms with Crippen molar-refractivity contribution in [3.8, 4) is 39.8 Å². The Hall–Kier alpha value is -11.9. The summed E-state index contributed by atoms with van der Waals surface area (Å²) in [7, 11) is -4.25. The molecule has 0 unspecified atom stereocenters. The number of nitrogens with one attached hydrogen (secondary N) is 1. The number of carbonyl (C=O) groups excluding carboxylic acids is 4. The number of amides is 2. The zero-order chi connectivity index (χ0) is 86.1. The summed E-state index contributed by atoms with van der Waals surface area (Å²) in [4.78, 5) is 91.1. The number of para-hydroxylation sites is 2. The van der Waals surface area contributed by atoms with E-state index >= 15 is 13.3 Å². The number of hydrogen-bond acceptors (Lipinski definition) is 30. The predicted octanol–water partition coefficient (Wildman–Crippen LogP) is 13.9. The second-order valence-corrected chi connectivity index (χ2v) is 36.5. The number of aromatic nitrogens is 14. The average molecular weight is 1750 g/mol. The second kappa shape index (κ2) is 35.7. The van der Waals surface area contributed by atoms with Crippen molar-refractivity contribution in [2.75, 3.05) is 49.0 Å². The van der Waals surface area contributed by atoms with Gasteiger partial charge in [-0.25, -0.2) is 67.5 Å². The first kappa shape index (κ1) is 84.3. The van der Waals surface area contributed by atoms with Crippen LogP contribution in [0.15, 0.2) is 171 Å². The maximum absolute atomic E-state index is 17.2. The topological polar surface area (TPSA) is 414 Å². The number of fused-ring (bicyclic) bond motifs is 12. The number of aryl methyl sites for hydroxylation is 1. The van der Waals surface area contributed by atoms with Gasteiger partial charge in [-0.05, 0) is 129 Å². The third-order valence-electron chi connectivity index (χ3n) is 21.1. The Bertz CT molecular complexity index is 6280. The van der Waals surface area contributed by atoms with E-state index in [0.29, 0.717) is 104 Å². The maximum Gasteiger partial charge on any atom is 0.413 e. The van der Waals surface area contributed by atoms with Crippen LogP contribution in [0.3, 0.4) is 0 Å². The number of rotatable bonds is 25. The van der Waals surface area contributed by atoms with Gasteiger partial charge >= 0.3 is 32.4 Å². The minimum atomic E-state index is -4.61. The first-order valence-corrected chi connectivity index (χ1v) is 44.9. The molecule has 6 aromatic carbocycles. The Kier molecular flexibility index (Phi) is 24.3. The van der Waals surface area contributed by atoms with Crippen LogP contribution >= 0.6 is 25.8 Å². The van der Waals surface area contributed by atoms with Crippen LogP contribution in [0, 0.1) is 6.92 Å². The maximum atomic E-state index is 17.2. The lowest BCUT2D eigenvalue weighted by atomic mass is 9.95. The first-order chi connectivity index (χ1) is 59.9.